The van der Waals surface area contributed by atoms with Gasteiger partial charge in [-0.2, -0.15) is 0 Å². The van der Waals surface area contributed by atoms with Crippen LogP contribution in [-0.4, -0.2) is 0 Å². The van der Waals surface area contributed by atoms with Crippen molar-refractivity contribution in [2.75, 3.05) is 4.90 Å². The van der Waals surface area contributed by atoms with Gasteiger partial charge in [0, 0.05) is 39.0 Å². The Morgan fingerprint density at radius 3 is 1.46 bits per heavy atom. The summed E-state index contributed by atoms with van der Waals surface area (Å²) in [5.41, 5.74) is 9.99. The van der Waals surface area contributed by atoms with Gasteiger partial charge in [-0.05, 0) is 75.3 Å². The smallest absolute Gasteiger partial charge is 0.143 e. The average Bonchev–Trinajstić information content (AvgIpc) is 3.58. The summed E-state index contributed by atoms with van der Waals surface area (Å²) in [5, 5.41) is 5.86. The van der Waals surface area contributed by atoms with Crippen LogP contribution in [0.2, 0.25) is 0 Å². The molecule has 2 heteroatoms. The van der Waals surface area contributed by atoms with Crippen molar-refractivity contribution in [3.8, 4) is 33.6 Å². The molecular formula is C46H31NO. The molecule has 0 unspecified atom stereocenters. The third-order valence-electron chi connectivity index (χ3n) is 9.25. The van der Waals surface area contributed by atoms with Crippen LogP contribution < -0.4 is 4.90 Å². The van der Waals surface area contributed by atoms with Crippen LogP contribution in [-0.2, 0) is 0 Å². The van der Waals surface area contributed by atoms with E-state index in [4.69, 9.17) is 4.42 Å². The molecule has 0 saturated carbocycles. The average molecular weight is 614 g/mol. The Kier molecular flexibility index (Phi) is 6.84. The van der Waals surface area contributed by atoms with E-state index in [1.54, 1.807) is 0 Å². The number of rotatable bonds is 6. The van der Waals surface area contributed by atoms with Crippen molar-refractivity contribution in [3.05, 3.63) is 188 Å². The number of benzene rings is 8. The van der Waals surface area contributed by atoms with Gasteiger partial charge >= 0.3 is 0 Å². The maximum atomic E-state index is 6.88. The van der Waals surface area contributed by atoms with Crippen molar-refractivity contribution >= 4 is 49.6 Å². The largest absolute Gasteiger partial charge is 0.455 e. The zero-order chi connectivity index (χ0) is 31.9. The number of hydrogen-bond acceptors (Lipinski definition) is 2. The lowest BCUT2D eigenvalue weighted by atomic mass is 9.91. The second kappa shape index (κ2) is 11.8. The van der Waals surface area contributed by atoms with E-state index >= 15 is 0 Å². The zero-order valence-electron chi connectivity index (χ0n) is 26.3. The standard InChI is InChI=1S/C46H31NO/c1-5-15-33(16-6-1)43-44-40-30-27-35(31-42(40)39-23-13-14-24-41(39)46(44)48-45(43)34-17-7-2-8-18-34)32-25-28-38(29-26-32)47(36-19-9-3-10-20-36)37-21-11-4-12-22-37/h1-31H. The number of nitrogens with zero attached hydrogens (tertiary/aromatic N) is 1. The van der Waals surface area contributed by atoms with Gasteiger partial charge in [0.15, 0.2) is 0 Å². The first-order chi connectivity index (χ1) is 23.8. The van der Waals surface area contributed by atoms with Gasteiger partial charge in [-0.3, -0.25) is 0 Å². The van der Waals surface area contributed by atoms with Crippen molar-refractivity contribution in [3.63, 3.8) is 0 Å². The highest BCUT2D eigenvalue weighted by atomic mass is 16.3. The number of anilines is 3. The summed E-state index contributed by atoms with van der Waals surface area (Å²) in [4.78, 5) is 2.29. The van der Waals surface area contributed by atoms with E-state index in [0.29, 0.717) is 0 Å². The first-order valence-corrected chi connectivity index (χ1v) is 16.4. The summed E-state index contributed by atoms with van der Waals surface area (Å²) in [6.45, 7) is 0. The summed E-state index contributed by atoms with van der Waals surface area (Å²) < 4.78 is 6.88. The predicted molar refractivity (Wildman–Crippen MR) is 202 cm³/mol. The van der Waals surface area contributed by atoms with E-state index in [1.165, 1.54) is 27.3 Å². The summed E-state index contributed by atoms with van der Waals surface area (Å²) in [7, 11) is 0. The first kappa shape index (κ1) is 27.9. The van der Waals surface area contributed by atoms with Gasteiger partial charge in [0.05, 0.1) is 0 Å². The third-order valence-corrected chi connectivity index (χ3v) is 9.25. The molecule has 0 radical (unpaired) electrons. The van der Waals surface area contributed by atoms with E-state index < -0.39 is 0 Å². The normalized spacial score (nSPS) is 11.3. The number of hydrogen-bond donors (Lipinski definition) is 0. The number of para-hydroxylation sites is 2. The lowest BCUT2D eigenvalue weighted by Gasteiger charge is -2.25. The van der Waals surface area contributed by atoms with Gasteiger partial charge in [-0.25, -0.2) is 0 Å². The molecule has 226 valence electrons. The van der Waals surface area contributed by atoms with Crippen LogP contribution in [0.5, 0.6) is 0 Å². The molecule has 0 saturated heterocycles. The molecule has 2 nitrogen and oxygen atoms in total. The molecule has 0 aliphatic carbocycles. The molecule has 0 bridgehead atoms. The fraction of sp³-hybridized carbons (Fsp3) is 0. The van der Waals surface area contributed by atoms with Crippen LogP contribution in [0, 0.1) is 0 Å². The second-order valence-corrected chi connectivity index (χ2v) is 12.1. The van der Waals surface area contributed by atoms with Crippen molar-refractivity contribution < 1.29 is 4.42 Å². The van der Waals surface area contributed by atoms with Crippen molar-refractivity contribution in [1.82, 2.24) is 0 Å². The Morgan fingerprint density at radius 1 is 0.333 bits per heavy atom. The number of furan rings is 1. The van der Waals surface area contributed by atoms with E-state index in [9.17, 15) is 0 Å². The minimum absolute atomic E-state index is 0.899. The van der Waals surface area contributed by atoms with Crippen LogP contribution >= 0.6 is 0 Å². The summed E-state index contributed by atoms with van der Waals surface area (Å²) in [6.07, 6.45) is 0. The molecule has 8 aromatic carbocycles. The van der Waals surface area contributed by atoms with Crippen LogP contribution in [0.25, 0.3) is 66.1 Å². The minimum Gasteiger partial charge on any atom is -0.455 e. The van der Waals surface area contributed by atoms with Crippen LogP contribution in [0.4, 0.5) is 17.1 Å². The minimum atomic E-state index is 0.899. The Balaban J connectivity index is 1.23. The first-order valence-electron chi connectivity index (χ1n) is 16.4. The Hall–Kier alpha value is -6.38. The summed E-state index contributed by atoms with van der Waals surface area (Å²) in [5.74, 6) is 0.899. The molecule has 0 amide bonds. The molecule has 0 N–H and O–H groups in total. The highest BCUT2D eigenvalue weighted by Gasteiger charge is 2.23. The molecular weight excluding hydrogens is 583 g/mol. The topological polar surface area (TPSA) is 16.4 Å². The zero-order valence-corrected chi connectivity index (χ0v) is 26.3. The Labute approximate surface area is 279 Å². The van der Waals surface area contributed by atoms with Gasteiger partial charge in [-0.15, -0.1) is 0 Å². The van der Waals surface area contributed by atoms with Gasteiger partial charge in [0.2, 0.25) is 0 Å². The molecule has 0 atom stereocenters. The van der Waals surface area contributed by atoms with Crippen LogP contribution in [0.1, 0.15) is 0 Å². The monoisotopic (exact) mass is 613 g/mol. The van der Waals surface area contributed by atoms with Gasteiger partial charge in [0.1, 0.15) is 11.3 Å². The molecule has 1 heterocycles. The molecule has 48 heavy (non-hydrogen) atoms. The van der Waals surface area contributed by atoms with Crippen molar-refractivity contribution in [2.45, 2.75) is 0 Å². The van der Waals surface area contributed by atoms with Crippen molar-refractivity contribution in [1.29, 1.82) is 0 Å². The van der Waals surface area contributed by atoms with Crippen LogP contribution in [0.3, 0.4) is 0 Å². The van der Waals surface area contributed by atoms with E-state index in [-0.39, 0.29) is 0 Å². The molecule has 0 spiro atoms. The molecule has 9 rings (SSSR count). The van der Waals surface area contributed by atoms with E-state index in [0.717, 1.165) is 55.9 Å². The highest BCUT2D eigenvalue weighted by Crippen LogP contribution is 2.48. The Morgan fingerprint density at radius 2 is 0.833 bits per heavy atom. The van der Waals surface area contributed by atoms with Crippen molar-refractivity contribution in [2.24, 2.45) is 0 Å². The summed E-state index contributed by atoms with van der Waals surface area (Å²) >= 11 is 0. The van der Waals surface area contributed by atoms with E-state index in [2.05, 4.69) is 187 Å². The highest BCUT2D eigenvalue weighted by molar-refractivity contribution is 6.28. The van der Waals surface area contributed by atoms with Gasteiger partial charge < -0.3 is 9.32 Å². The maximum Gasteiger partial charge on any atom is 0.143 e. The molecule has 1 aromatic heterocycles. The quantitative estimate of drug-likeness (QED) is 0.174. The van der Waals surface area contributed by atoms with Crippen LogP contribution in [0.15, 0.2) is 192 Å². The number of fused-ring (bicyclic) bond motifs is 6. The molecule has 0 aliphatic heterocycles. The van der Waals surface area contributed by atoms with E-state index in [1.807, 2.05) is 6.07 Å². The predicted octanol–water partition coefficient (Wildman–Crippen LogP) is 13.2. The lowest BCUT2D eigenvalue weighted by molar-refractivity contribution is 0.636. The SMILES string of the molecule is c1ccc(-c2oc3c4ccccc4c4cc(-c5ccc(N(c6ccccc6)c6ccccc6)cc5)ccc4c3c2-c2ccccc2)cc1. The second-order valence-electron chi connectivity index (χ2n) is 12.1. The fourth-order valence-corrected chi connectivity index (χ4v) is 7.04. The fourth-order valence-electron chi connectivity index (χ4n) is 7.04. The molecule has 0 fully saturated rings. The maximum absolute atomic E-state index is 6.88. The molecule has 9 aromatic rings. The summed E-state index contributed by atoms with van der Waals surface area (Å²) in [6, 6.07) is 66.6. The lowest BCUT2D eigenvalue weighted by Crippen LogP contribution is -2.09. The molecule has 0 aliphatic rings. The van der Waals surface area contributed by atoms with Gasteiger partial charge in [0.25, 0.3) is 0 Å². The Bertz CT molecular complexity index is 2480. The van der Waals surface area contributed by atoms with Gasteiger partial charge in [-0.1, -0.05) is 146 Å². The third kappa shape index (κ3) is 4.74.